The summed E-state index contributed by atoms with van der Waals surface area (Å²) in [6.07, 6.45) is 1.57. The molecule has 5 rings (SSSR count). The van der Waals surface area contributed by atoms with Crippen LogP contribution >= 0.6 is 11.8 Å². The number of nitrogens with one attached hydrogen (secondary N) is 1. The Kier molecular flexibility index (Phi) is 4.98. The fraction of sp³-hybridized carbons (Fsp3) is 0.136. The summed E-state index contributed by atoms with van der Waals surface area (Å²) in [6, 6.07) is 15.7. The molecule has 1 aliphatic heterocycles. The van der Waals surface area contributed by atoms with E-state index in [-0.39, 0.29) is 29.5 Å². The van der Waals surface area contributed by atoms with Gasteiger partial charge in [-0.3, -0.25) is 19.0 Å². The van der Waals surface area contributed by atoms with Crippen molar-refractivity contribution in [3.8, 4) is 5.69 Å². The van der Waals surface area contributed by atoms with Gasteiger partial charge in [0.15, 0.2) is 10.8 Å². The summed E-state index contributed by atoms with van der Waals surface area (Å²) in [5.74, 6) is -0.400. The van der Waals surface area contributed by atoms with E-state index in [1.807, 2.05) is 30.3 Å². The van der Waals surface area contributed by atoms with E-state index in [2.05, 4.69) is 15.4 Å². The molecule has 9 nitrogen and oxygen atoms in total. The fourth-order valence-electron chi connectivity index (χ4n) is 3.76. The normalized spacial score (nSPS) is 14.9. The van der Waals surface area contributed by atoms with E-state index in [0.717, 1.165) is 5.69 Å². The molecule has 32 heavy (non-hydrogen) atoms. The van der Waals surface area contributed by atoms with Gasteiger partial charge in [-0.15, -0.1) is 0 Å². The van der Waals surface area contributed by atoms with Crippen molar-refractivity contribution in [2.45, 2.75) is 17.6 Å². The first-order chi connectivity index (χ1) is 15.5. The highest BCUT2D eigenvalue weighted by Crippen LogP contribution is 2.33. The first kappa shape index (κ1) is 20.0. The number of anilines is 1. The van der Waals surface area contributed by atoms with Gasteiger partial charge >= 0.3 is 0 Å². The van der Waals surface area contributed by atoms with Crippen molar-refractivity contribution in [1.29, 1.82) is 0 Å². The van der Waals surface area contributed by atoms with Crippen LogP contribution in [0.4, 0.5) is 5.69 Å². The third-order valence-corrected chi connectivity index (χ3v) is 6.36. The maximum absolute atomic E-state index is 13.2. The van der Waals surface area contributed by atoms with E-state index in [1.54, 1.807) is 33.5 Å². The summed E-state index contributed by atoms with van der Waals surface area (Å²) in [7, 11) is 0. The maximum Gasteiger partial charge on any atom is 0.265 e. The molecule has 0 saturated heterocycles. The molecule has 0 aliphatic carbocycles. The first-order valence-electron chi connectivity index (χ1n) is 9.90. The van der Waals surface area contributed by atoms with Gasteiger partial charge in [0.05, 0.1) is 29.2 Å². The zero-order valence-corrected chi connectivity index (χ0v) is 17.6. The Balaban J connectivity index is 1.44. The van der Waals surface area contributed by atoms with Gasteiger partial charge in [0, 0.05) is 12.2 Å². The van der Waals surface area contributed by atoms with E-state index in [4.69, 9.17) is 5.73 Å². The Morgan fingerprint density at radius 1 is 1.12 bits per heavy atom. The molecule has 0 saturated carbocycles. The van der Waals surface area contributed by atoms with E-state index in [0.29, 0.717) is 27.6 Å². The molecular formula is C22H18N6O3S. The number of rotatable bonds is 5. The molecule has 0 bridgehead atoms. The number of carbonyl (C=O) groups excluding carboxylic acids is 2. The van der Waals surface area contributed by atoms with Gasteiger partial charge in [-0.1, -0.05) is 42.1 Å². The summed E-state index contributed by atoms with van der Waals surface area (Å²) >= 11 is 1.43. The number of nitrogens with two attached hydrogens (primary N) is 1. The van der Waals surface area contributed by atoms with Crippen LogP contribution < -0.4 is 16.6 Å². The molecular weight excluding hydrogens is 428 g/mol. The highest BCUT2D eigenvalue weighted by molar-refractivity contribution is 7.99. The second-order valence-electron chi connectivity index (χ2n) is 7.33. The molecule has 0 radical (unpaired) electrons. The van der Waals surface area contributed by atoms with Gasteiger partial charge in [0.2, 0.25) is 5.91 Å². The number of nitrogens with zero attached hydrogens (tertiary/aromatic N) is 4. The van der Waals surface area contributed by atoms with Crippen molar-refractivity contribution >= 4 is 40.3 Å². The predicted octanol–water partition coefficient (Wildman–Crippen LogP) is 2.36. The lowest BCUT2D eigenvalue weighted by Gasteiger charge is -2.14. The third kappa shape index (κ3) is 3.44. The highest BCUT2D eigenvalue weighted by atomic mass is 32.2. The average molecular weight is 446 g/mol. The maximum atomic E-state index is 13.2. The molecule has 10 heteroatoms. The predicted molar refractivity (Wildman–Crippen MR) is 121 cm³/mol. The molecule has 2 aromatic heterocycles. The number of amides is 2. The van der Waals surface area contributed by atoms with Crippen LogP contribution in [-0.4, -0.2) is 36.9 Å². The third-order valence-electron chi connectivity index (χ3n) is 5.26. The summed E-state index contributed by atoms with van der Waals surface area (Å²) in [4.78, 5) is 42.2. The van der Waals surface area contributed by atoms with E-state index < -0.39 is 5.91 Å². The zero-order valence-electron chi connectivity index (χ0n) is 16.8. The van der Waals surface area contributed by atoms with Gasteiger partial charge in [0.25, 0.3) is 11.5 Å². The quantitative estimate of drug-likeness (QED) is 0.454. The van der Waals surface area contributed by atoms with Crippen molar-refractivity contribution < 1.29 is 9.59 Å². The minimum atomic E-state index is -0.624. The molecule has 0 fully saturated rings. The van der Waals surface area contributed by atoms with Crippen LogP contribution in [0.15, 0.2) is 70.7 Å². The number of primary amides is 1. The summed E-state index contributed by atoms with van der Waals surface area (Å²) in [6.45, 7) is 0. The van der Waals surface area contributed by atoms with Crippen LogP contribution in [0.25, 0.3) is 16.7 Å². The standard InChI is InChI=1S/C22H18N6O3S/c23-19(30)15-8-4-5-9-17(15)25-18(29)10-14-12-32-22-26-20-16(21(31)27(14)22)11-24-28(20)13-6-2-1-3-7-13/h1-9,11,14H,10,12H2,(H2,23,30)(H,25,29). The van der Waals surface area contributed by atoms with Crippen LogP contribution in [0.5, 0.6) is 0 Å². The number of hydrogen-bond acceptors (Lipinski definition) is 6. The monoisotopic (exact) mass is 446 g/mol. The molecule has 2 amide bonds. The highest BCUT2D eigenvalue weighted by Gasteiger charge is 2.29. The molecule has 1 atom stereocenters. The van der Waals surface area contributed by atoms with E-state index in [1.165, 1.54) is 18.0 Å². The molecule has 2 aromatic carbocycles. The Hall–Kier alpha value is -3.92. The fourth-order valence-corrected chi connectivity index (χ4v) is 4.89. The van der Waals surface area contributed by atoms with Crippen LogP contribution in [0.1, 0.15) is 22.8 Å². The van der Waals surface area contributed by atoms with Crippen LogP contribution in [0.3, 0.4) is 0 Å². The first-order valence-corrected chi connectivity index (χ1v) is 10.9. The largest absolute Gasteiger partial charge is 0.366 e. The summed E-state index contributed by atoms with van der Waals surface area (Å²) in [5, 5.41) is 8.02. The molecule has 160 valence electrons. The Labute approximate surface area is 186 Å². The number of carbonyl (C=O) groups is 2. The van der Waals surface area contributed by atoms with E-state index >= 15 is 0 Å². The van der Waals surface area contributed by atoms with Gasteiger partial charge < -0.3 is 11.1 Å². The Morgan fingerprint density at radius 3 is 2.66 bits per heavy atom. The lowest BCUT2D eigenvalue weighted by atomic mass is 10.1. The van der Waals surface area contributed by atoms with Gasteiger partial charge in [-0.2, -0.15) is 5.10 Å². The average Bonchev–Trinajstić information content (AvgIpc) is 3.39. The molecule has 4 aromatic rings. The molecule has 0 spiro atoms. The van der Waals surface area contributed by atoms with Crippen molar-refractivity contribution in [2.75, 3.05) is 11.1 Å². The van der Waals surface area contributed by atoms with Crippen molar-refractivity contribution in [2.24, 2.45) is 5.73 Å². The van der Waals surface area contributed by atoms with Gasteiger partial charge in [0.1, 0.15) is 5.39 Å². The number of aromatic nitrogens is 4. The van der Waals surface area contributed by atoms with Gasteiger partial charge in [-0.25, -0.2) is 9.67 Å². The number of fused-ring (bicyclic) bond motifs is 2. The number of thioether (sulfide) groups is 1. The van der Waals surface area contributed by atoms with Crippen molar-refractivity contribution in [1.82, 2.24) is 19.3 Å². The minimum absolute atomic E-state index is 0.0625. The Morgan fingerprint density at radius 2 is 1.88 bits per heavy atom. The van der Waals surface area contributed by atoms with Crippen LogP contribution in [0, 0.1) is 0 Å². The Bertz CT molecular complexity index is 1410. The van der Waals surface area contributed by atoms with Crippen LogP contribution in [-0.2, 0) is 4.79 Å². The van der Waals surface area contributed by atoms with Crippen molar-refractivity contribution in [3.05, 3.63) is 76.7 Å². The number of benzene rings is 2. The lowest BCUT2D eigenvalue weighted by molar-refractivity contribution is -0.116. The topological polar surface area (TPSA) is 125 Å². The number of para-hydroxylation sites is 2. The second-order valence-corrected chi connectivity index (χ2v) is 8.31. The lowest BCUT2D eigenvalue weighted by Crippen LogP contribution is -2.28. The minimum Gasteiger partial charge on any atom is -0.366 e. The van der Waals surface area contributed by atoms with Crippen LogP contribution in [0.2, 0.25) is 0 Å². The molecule has 3 N–H and O–H groups in total. The van der Waals surface area contributed by atoms with E-state index in [9.17, 15) is 14.4 Å². The SMILES string of the molecule is NC(=O)c1ccccc1NC(=O)CC1CSc2nc3c(cnn3-c3ccccc3)c(=O)n21. The molecule has 3 heterocycles. The summed E-state index contributed by atoms with van der Waals surface area (Å²) < 4.78 is 3.20. The van der Waals surface area contributed by atoms with Gasteiger partial charge in [-0.05, 0) is 24.3 Å². The summed E-state index contributed by atoms with van der Waals surface area (Å²) in [5.41, 5.74) is 7.03. The second kappa shape index (κ2) is 7.97. The molecule has 1 unspecified atom stereocenters. The molecule has 1 aliphatic rings. The number of hydrogen-bond donors (Lipinski definition) is 2. The van der Waals surface area contributed by atoms with Crippen molar-refractivity contribution in [3.63, 3.8) is 0 Å². The zero-order chi connectivity index (χ0) is 22.2. The smallest absolute Gasteiger partial charge is 0.265 e.